The van der Waals surface area contributed by atoms with Crippen molar-refractivity contribution in [3.8, 4) is 0 Å². The smallest absolute Gasteiger partial charge is 0.330 e. The minimum absolute atomic E-state index is 0.108. The van der Waals surface area contributed by atoms with Crippen LogP contribution in [0.4, 0.5) is 11.8 Å². The third-order valence-corrected chi connectivity index (χ3v) is 7.25. The van der Waals surface area contributed by atoms with Gasteiger partial charge in [0.25, 0.3) is 0 Å². The van der Waals surface area contributed by atoms with Gasteiger partial charge in [0.15, 0.2) is 0 Å². The Morgan fingerprint density at radius 2 is 2.00 bits per heavy atom. The molecular formula is C21H33N5O4S. The predicted molar refractivity (Wildman–Crippen MR) is 121 cm³/mol. The van der Waals surface area contributed by atoms with Crippen molar-refractivity contribution in [1.82, 2.24) is 14.3 Å². The number of aromatic nitrogens is 2. The molecule has 172 valence electrons. The lowest BCUT2D eigenvalue weighted by atomic mass is 10.1. The minimum Gasteiger partial charge on any atom is -0.463 e. The van der Waals surface area contributed by atoms with E-state index in [9.17, 15) is 13.2 Å². The van der Waals surface area contributed by atoms with Crippen LogP contribution in [0, 0.1) is 5.92 Å². The molecule has 1 saturated heterocycles. The van der Waals surface area contributed by atoms with Crippen LogP contribution in [0.5, 0.6) is 0 Å². The molecule has 3 rings (SSSR count). The van der Waals surface area contributed by atoms with Crippen molar-refractivity contribution in [2.24, 2.45) is 5.92 Å². The van der Waals surface area contributed by atoms with Crippen molar-refractivity contribution in [3.05, 3.63) is 17.8 Å². The van der Waals surface area contributed by atoms with E-state index in [1.807, 2.05) is 0 Å². The summed E-state index contributed by atoms with van der Waals surface area (Å²) >= 11 is 0. The fraction of sp³-hybridized carbons (Fsp3) is 0.667. The summed E-state index contributed by atoms with van der Waals surface area (Å²) < 4.78 is 29.9. The number of carbonyl (C=O) groups excluding carboxylic acids is 1. The molecule has 1 aromatic rings. The van der Waals surface area contributed by atoms with Crippen LogP contribution in [-0.4, -0.2) is 66.7 Å². The van der Waals surface area contributed by atoms with E-state index >= 15 is 0 Å². The summed E-state index contributed by atoms with van der Waals surface area (Å²) in [5, 5.41) is 6.88. The Morgan fingerprint density at radius 3 is 2.61 bits per heavy atom. The highest BCUT2D eigenvalue weighted by Crippen LogP contribution is 2.29. The van der Waals surface area contributed by atoms with Crippen LogP contribution >= 0.6 is 0 Å². The van der Waals surface area contributed by atoms with Crippen LogP contribution in [0.2, 0.25) is 0 Å². The molecule has 2 N–H and O–H groups in total. The molecule has 2 heterocycles. The van der Waals surface area contributed by atoms with Gasteiger partial charge in [0, 0.05) is 43.0 Å². The topological polar surface area (TPSA) is 114 Å². The number of piperidine rings is 1. The zero-order chi connectivity index (χ0) is 22.4. The molecule has 1 aliphatic heterocycles. The average Bonchev–Trinajstić information content (AvgIpc) is 3.12. The van der Waals surface area contributed by atoms with Crippen LogP contribution in [0.25, 0.3) is 6.08 Å². The summed E-state index contributed by atoms with van der Waals surface area (Å²) in [5.41, 5.74) is 0.726. The molecule has 0 bridgehead atoms. The first-order chi connectivity index (χ1) is 14.8. The number of hydrogen-bond donors (Lipinski definition) is 2. The van der Waals surface area contributed by atoms with Gasteiger partial charge in [0.2, 0.25) is 16.0 Å². The van der Waals surface area contributed by atoms with E-state index in [2.05, 4.69) is 27.5 Å². The molecule has 0 radical (unpaired) electrons. The first-order valence-corrected chi connectivity index (χ1v) is 12.8. The molecule has 1 aliphatic carbocycles. The number of hydrogen-bond acceptors (Lipinski definition) is 8. The van der Waals surface area contributed by atoms with Gasteiger partial charge in [-0.2, -0.15) is 4.98 Å². The van der Waals surface area contributed by atoms with Crippen molar-refractivity contribution in [3.63, 3.8) is 0 Å². The summed E-state index contributed by atoms with van der Waals surface area (Å²) in [4.78, 5) is 20.8. The van der Waals surface area contributed by atoms with E-state index in [1.54, 1.807) is 19.2 Å². The van der Waals surface area contributed by atoms with Crippen molar-refractivity contribution in [2.75, 3.05) is 36.6 Å². The molecule has 2 atom stereocenters. The van der Waals surface area contributed by atoms with E-state index in [-0.39, 0.29) is 6.04 Å². The molecule has 31 heavy (non-hydrogen) atoms. The van der Waals surface area contributed by atoms with E-state index in [1.165, 1.54) is 29.5 Å². The Morgan fingerprint density at radius 1 is 1.26 bits per heavy atom. The fourth-order valence-electron chi connectivity index (χ4n) is 4.10. The summed E-state index contributed by atoms with van der Waals surface area (Å²) in [5.74, 6) is 1.33. The number of nitrogens with zero attached hydrogens (tertiary/aromatic N) is 3. The van der Waals surface area contributed by atoms with Crippen LogP contribution in [0.1, 0.15) is 51.5 Å². The second kappa shape index (κ2) is 10.4. The molecule has 10 heteroatoms. The molecule has 2 aliphatic rings. The van der Waals surface area contributed by atoms with Gasteiger partial charge in [-0.25, -0.2) is 22.5 Å². The van der Waals surface area contributed by atoms with E-state index < -0.39 is 16.0 Å². The van der Waals surface area contributed by atoms with Crippen LogP contribution < -0.4 is 10.6 Å². The highest BCUT2D eigenvalue weighted by Gasteiger charge is 2.26. The Kier molecular flexibility index (Phi) is 7.88. The first-order valence-electron chi connectivity index (χ1n) is 11.0. The molecule has 9 nitrogen and oxygen atoms in total. The van der Waals surface area contributed by atoms with Gasteiger partial charge in [-0.1, -0.05) is 13.3 Å². The van der Waals surface area contributed by atoms with Gasteiger partial charge >= 0.3 is 5.97 Å². The van der Waals surface area contributed by atoms with E-state index in [0.717, 1.165) is 12.0 Å². The van der Waals surface area contributed by atoms with Crippen LogP contribution in [-0.2, 0) is 19.6 Å². The Bertz CT molecular complexity index is 897. The van der Waals surface area contributed by atoms with Crippen molar-refractivity contribution in [2.45, 2.75) is 58.0 Å². The number of nitrogens with one attached hydrogen (secondary N) is 2. The number of esters is 1. The largest absolute Gasteiger partial charge is 0.463 e. The quantitative estimate of drug-likeness (QED) is 0.458. The SMILES string of the molecule is CCOC(=O)/C=C/c1cnc(NC2CCN(S(C)(=O)=O)CC2)nc1NC1CCCC1C. The zero-order valence-corrected chi connectivity index (χ0v) is 19.3. The molecule has 0 spiro atoms. The summed E-state index contributed by atoms with van der Waals surface area (Å²) in [7, 11) is -3.15. The third-order valence-electron chi connectivity index (χ3n) is 5.94. The van der Waals surface area contributed by atoms with Crippen LogP contribution in [0.3, 0.4) is 0 Å². The standard InChI is InChI=1S/C21H33N5O4S/c1-4-30-19(27)9-8-16-14-22-21(25-20(16)24-18-7-5-6-15(18)2)23-17-10-12-26(13-11-17)31(3,28)29/h8-9,14-15,17-18H,4-7,10-13H2,1-3H3,(H2,22,23,24,25)/b9-8+. The van der Waals surface area contributed by atoms with Crippen LogP contribution in [0.15, 0.2) is 12.3 Å². The second-order valence-electron chi connectivity index (χ2n) is 8.32. The lowest BCUT2D eigenvalue weighted by Crippen LogP contribution is -2.42. The maximum Gasteiger partial charge on any atom is 0.330 e. The predicted octanol–water partition coefficient (Wildman–Crippen LogP) is 2.49. The monoisotopic (exact) mass is 451 g/mol. The maximum absolute atomic E-state index is 11.7. The minimum atomic E-state index is -3.15. The Hall–Kier alpha value is -2.20. The summed E-state index contributed by atoms with van der Waals surface area (Å²) in [6.07, 6.45) is 10.8. The lowest BCUT2D eigenvalue weighted by molar-refractivity contribution is -0.137. The van der Waals surface area contributed by atoms with Crippen molar-refractivity contribution < 1.29 is 17.9 Å². The number of sulfonamides is 1. The fourth-order valence-corrected chi connectivity index (χ4v) is 4.97. The molecule has 1 aromatic heterocycles. The van der Waals surface area contributed by atoms with E-state index in [4.69, 9.17) is 4.74 Å². The molecule has 0 aromatic carbocycles. The van der Waals surface area contributed by atoms with Gasteiger partial charge in [-0.3, -0.25) is 0 Å². The lowest BCUT2D eigenvalue weighted by Gasteiger charge is -2.30. The number of rotatable bonds is 8. The highest BCUT2D eigenvalue weighted by atomic mass is 32.2. The maximum atomic E-state index is 11.7. The number of carbonyl (C=O) groups is 1. The van der Waals surface area contributed by atoms with E-state index in [0.29, 0.717) is 56.3 Å². The third kappa shape index (κ3) is 6.64. The first kappa shape index (κ1) is 23.5. The molecule has 2 unspecified atom stereocenters. The number of anilines is 2. The van der Waals surface area contributed by atoms with Gasteiger partial charge in [0.1, 0.15) is 5.82 Å². The van der Waals surface area contributed by atoms with Crippen molar-refractivity contribution >= 4 is 33.8 Å². The Labute approximate surface area is 184 Å². The molecule has 2 fully saturated rings. The molecular weight excluding hydrogens is 418 g/mol. The highest BCUT2D eigenvalue weighted by molar-refractivity contribution is 7.88. The summed E-state index contributed by atoms with van der Waals surface area (Å²) in [6.45, 7) is 5.30. The zero-order valence-electron chi connectivity index (χ0n) is 18.5. The van der Waals surface area contributed by atoms with Gasteiger partial charge in [0.05, 0.1) is 12.9 Å². The Balaban J connectivity index is 1.72. The molecule has 0 amide bonds. The van der Waals surface area contributed by atoms with Gasteiger partial charge in [-0.15, -0.1) is 0 Å². The molecule has 1 saturated carbocycles. The summed E-state index contributed by atoms with van der Waals surface area (Å²) in [6, 6.07) is 0.438. The number of ether oxygens (including phenoxy) is 1. The van der Waals surface area contributed by atoms with Gasteiger partial charge < -0.3 is 15.4 Å². The average molecular weight is 452 g/mol. The normalized spacial score (nSPS) is 23.2. The second-order valence-corrected chi connectivity index (χ2v) is 10.3. The van der Waals surface area contributed by atoms with Gasteiger partial charge in [-0.05, 0) is 44.6 Å². The van der Waals surface area contributed by atoms with Crippen molar-refractivity contribution in [1.29, 1.82) is 0 Å².